The van der Waals surface area contributed by atoms with E-state index < -0.39 is 31.4 Å². The first kappa shape index (κ1) is 26.4. The number of hydrogen-bond acceptors (Lipinski definition) is 4. The van der Waals surface area contributed by atoms with Crippen LogP contribution in [-0.4, -0.2) is 15.0 Å². The third-order valence-electron chi connectivity index (χ3n) is 7.66. The Morgan fingerprint density at radius 3 is 2.28 bits per heavy atom. The molecule has 0 aliphatic heterocycles. The molecule has 7 rings (SSSR count). The molecule has 1 radical (unpaired) electrons. The molecule has 257 valence electrons. The fraction of sp³-hybridized carbons (Fsp3) is 0.267. The minimum Gasteiger partial charge on any atom is -0.486 e. The van der Waals surface area contributed by atoms with Gasteiger partial charge in [-0.3, -0.25) is 0 Å². The fourth-order valence-corrected chi connectivity index (χ4v) is 5.20. The summed E-state index contributed by atoms with van der Waals surface area (Å²) >= 11 is 0. The number of fused-ring (bicyclic) bond motifs is 3. The van der Waals surface area contributed by atoms with E-state index in [1.54, 1.807) is 72.9 Å². The van der Waals surface area contributed by atoms with Gasteiger partial charge in [-0.1, -0.05) is 113 Å². The van der Waals surface area contributed by atoms with Gasteiger partial charge in [-0.2, -0.15) is 0 Å². The van der Waals surface area contributed by atoms with Gasteiger partial charge in [0.15, 0.2) is 0 Å². The monoisotopic (exact) mass is 845 g/mol. The van der Waals surface area contributed by atoms with Gasteiger partial charge >= 0.3 is 0 Å². The summed E-state index contributed by atoms with van der Waals surface area (Å²) in [6.45, 7) is 9.88. The van der Waals surface area contributed by atoms with Crippen molar-refractivity contribution in [1.82, 2.24) is 15.0 Å². The molecule has 4 aromatic heterocycles. The van der Waals surface area contributed by atoms with Gasteiger partial charge in [0.1, 0.15) is 0 Å². The molecule has 0 atom stereocenters. The molecule has 0 fully saturated rings. The predicted molar refractivity (Wildman–Crippen MR) is 203 cm³/mol. The summed E-state index contributed by atoms with van der Waals surface area (Å²) in [5.74, 6) is 0. The molecule has 0 saturated heterocycles. The maximum Gasteiger partial charge on any atom is 0.216 e. The number of pyridine rings is 3. The van der Waals surface area contributed by atoms with E-state index in [4.69, 9.17) is 16.8 Å². The zero-order valence-electron chi connectivity index (χ0n) is 38.0. The van der Waals surface area contributed by atoms with Crippen molar-refractivity contribution in [3.8, 4) is 22.5 Å². The molecule has 3 aromatic carbocycles. The van der Waals surface area contributed by atoms with Crippen molar-refractivity contribution in [2.45, 2.75) is 72.9 Å². The van der Waals surface area contributed by atoms with Gasteiger partial charge in [0.2, 0.25) is 5.71 Å². The van der Waals surface area contributed by atoms with Crippen molar-refractivity contribution in [2.24, 2.45) is 5.41 Å². The van der Waals surface area contributed by atoms with Crippen molar-refractivity contribution in [3.63, 3.8) is 0 Å². The molecule has 50 heavy (non-hydrogen) atoms. The quantitative estimate of drug-likeness (QED) is 0.157. The second-order valence-corrected chi connectivity index (χ2v) is 13.8. The van der Waals surface area contributed by atoms with Crippen LogP contribution in [0.4, 0.5) is 0 Å². The van der Waals surface area contributed by atoms with E-state index in [0.717, 1.165) is 16.6 Å². The first-order chi connectivity index (χ1) is 26.9. The van der Waals surface area contributed by atoms with Gasteiger partial charge in [0.05, 0.1) is 5.58 Å². The van der Waals surface area contributed by atoms with E-state index in [1.807, 2.05) is 45.2 Å². The molecule has 4 heterocycles. The summed E-state index contributed by atoms with van der Waals surface area (Å²) in [7, 11) is 0. The van der Waals surface area contributed by atoms with E-state index in [9.17, 15) is 0 Å². The summed E-state index contributed by atoms with van der Waals surface area (Å²) in [5.41, 5.74) is 4.79. The maximum atomic E-state index is 8.66. The van der Waals surface area contributed by atoms with Crippen molar-refractivity contribution < 1.29 is 36.9 Å². The Labute approximate surface area is 323 Å². The number of aryl methyl sites for hydroxylation is 3. The molecule has 0 saturated carbocycles. The Kier molecular flexibility index (Phi) is 8.24. The molecule has 0 amide bonds. The molecule has 0 N–H and O–H groups in total. The Hall–Kier alpha value is -4.44. The molecule has 0 spiro atoms. The van der Waals surface area contributed by atoms with Gasteiger partial charge < -0.3 is 14.4 Å². The number of benzene rings is 3. The molecular formula is C45H45IrN3O-2. The van der Waals surface area contributed by atoms with Crippen LogP contribution < -0.4 is 0 Å². The van der Waals surface area contributed by atoms with Crippen LogP contribution in [0.1, 0.15) is 81.8 Å². The Morgan fingerprint density at radius 2 is 1.60 bits per heavy atom. The van der Waals surface area contributed by atoms with E-state index in [-0.39, 0.29) is 42.5 Å². The molecule has 0 aliphatic carbocycles. The number of furan rings is 1. The summed E-state index contributed by atoms with van der Waals surface area (Å²) < 4.78 is 79.9. The smallest absolute Gasteiger partial charge is 0.216 e. The summed E-state index contributed by atoms with van der Waals surface area (Å²) in [6, 6.07) is 33.4. The van der Waals surface area contributed by atoms with Gasteiger partial charge in [0.25, 0.3) is 0 Å². The van der Waals surface area contributed by atoms with E-state index in [1.165, 1.54) is 17.7 Å². The minimum atomic E-state index is -2.44. The first-order valence-corrected chi connectivity index (χ1v) is 16.2. The number of rotatable bonds is 6. The van der Waals surface area contributed by atoms with E-state index in [2.05, 4.69) is 47.9 Å². The third kappa shape index (κ3) is 9.21. The molecule has 4 nitrogen and oxygen atoms in total. The molecule has 0 aliphatic rings. The van der Waals surface area contributed by atoms with Crippen molar-refractivity contribution in [3.05, 3.63) is 150 Å². The minimum absolute atomic E-state index is 0. The van der Waals surface area contributed by atoms with Gasteiger partial charge in [-0.15, -0.1) is 53.6 Å². The van der Waals surface area contributed by atoms with Crippen molar-refractivity contribution in [2.75, 3.05) is 0 Å². The van der Waals surface area contributed by atoms with E-state index >= 15 is 0 Å². The fourth-order valence-electron chi connectivity index (χ4n) is 5.20. The van der Waals surface area contributed by atoms with Crippen LogP contribution in [0, 0.1) is 24.4 Å². The predicted octanol–water partition coefficient (Wildman–Crippen LogP) is 11.4. The van der Waals surface area contributed by atoms with Gasteiger partial charge in [-0.05, 0) is 70.7 Å². The SMILES string of the molecule is [2H]C([2H])([2H])c1c[c-]c(-c2ccc(C(C)(C)C)cn2)cc1.[2H]C([2H])(c1ccnc(-c2[c-]ccc3c2oc2nc(C([2H])([2H])C([2H])([2H])c4ccccc4)ccc23)c1)C(C)(C)C.[Ir]. The standard InChI is InChI=1S/C29H27N2O.C16H18N.Ir/c1-29(2,3)19-21-16-17-30-26(18-21)25-11-7-10-23-24-15-14-22(31-28(24)32-27(23)25)13-12-20-8-5-4-6-9-20;1-12-5-7-13(8-6-12)15-10-9-14(11-17-15)16(2,3)4;/h4-10,14-18H,12-13,19H2,1-3H3;5-7,9-11H,1-4H3;/q2*-1;/i12D2,13D2,19D2;1D3;. The topological polar surface area (TPSA) is 51.8 Å². The number of aromatic nitrogens is 3. The molecule has 0 unspecified atom stereocenters. The van der Waals surface area contributed by atoms with Crippen LogP contribution in [0.15, 0.2) is 114 Å². The third-order valence-corrected chi connectivity index (χ3v) is 7.66. The zero-order chi connectivity index (χ0) is 42.5. The van der Waals surface area contributed by atoms with E-state index in [0.29, 0.717) is 33.4 Å². The van der Waals surface area contributed by atoms with Crippen LogP contribution >= 0.6 is 0 Å². The summed E-state index contributed by atoms with van der Waals surface area (Å²) in [4.78, 5) is 13.3. The molecular weight excluding hydrogens is 791 g/mol. The van der Waals surface area contributed by atoms with Crippen molar-refractivity contribution in [1.29, 1.82) is 0 Å². The van der Waals surface area contributed by atoms with Crippen molar-refractivity contribution >= 4 is 22.1 Å². The zero-order valence-corrected chi connectivity index (χ0v) is 31.4. The largest absolute Gasteiger partial charge is 0.486 e. The second-order valence-electron chi connectivity index (χ2n) is 13.8. The first-order valence-electron chi connectivity index (χ1n) is 20.7. The Balaban J connectivity index is 0.000000267. The molecule has 0 bridgehead atoms. The number of nitrogens with zero attached hydrogens (tertiary/aromatic N) is 3. The average molecular weight is 845 g/mol. The average Bonchev–Trinajstić information content (AvgIpc) is 3.56. The Morgan fingerprint density at radius 1 is 0.780 bits per heavy atom. The van der Waals surface area contributed by atoms with Crippen LogP contribution in [0.2, 0.25) is 0 Å². The van der Waals surface area contributed by atoms with Crippen LogP contribution in [0.25, 0.3) is 44.6 Å². The second kappa shape index (κ2) is 15.6. The van der Waals surface area contributed by atoms with Gasteiger partial charge in [-0.25, -0.2) is 4.98 Å². The normalized spacial score (nSPS) is 15.4. The summed E-state index contributed by atoms with van der Waals surface area (Å²) in [6.07, 6.45) is -2.95. The number of hydrogen-bond donors (Lipinski definition) is 0. The molecule has 7 aromatic rings. The Bertz CT molecular complexity index is 2490. The molecule has 5 heteroatoms. The maximum absolute atomic E-state index is 8.66. The van der Waals surface area contributed by atoms with Crippen LogP contribution in [0.3, 0.4) is 0 Å². The van der Waals surface area contributed by atoms with Crippen LogP contribution in [0.5, 0.6) is 0 Å². The van der Waals surface area contributed by atoms with Gasteiger partial charge in [0, 0.05) is 55.9 Å². The summed E-state index contributed by atoms with van der Waals surface area (Å²) in [5, 5.41) is 1.38. The van der Waals surface area contributed by atoms with Crippen LogP contribution in [-0.2, 0) is 44.6 Å².